The Morgan fingerprint density at radius 1 is 1.21 bits per heavy atom. The van der Waals surface area contributed by atoms with E-state index < -0.39 is 23.3 Å². The number of hydrogen-bond acceptors (Lipinski definition) is 7. The van der Waals surface area contributed by atoms with Crippen molar-refractivity contribution in [3.8, 4) is 29.6 Å². The lowest BCUT2D eigenvalue weighted by Gasteiger charge is -2.31. The fourth-order valence-corrected chi connectivity index (χ4v) is 7.23. The number of nitrogens with one attached hydrogen (secondary N) is 1. The molecule has 2 aromatic carbocycles. The number of likely N-dealkylation sites (N-methyl/N-ethyl adjacent to an activating group) is 1. The lowest BCUT2D eigenvalue weighted by molar-refractivity contribution is 0.107. The van der Waals surface area contributed by atoms with Crippen LogP contribution in [0.4, 0.5) is 19.0 Å². The Hall–Kier alpha value is -3.94. The van der Waals surface area contributed by atoms with E-state index in [0.29, 0.717) is 47.1 Å². The molecule has 3 aliphatic rings. The molecule has 0 spiro atoms. The third-order valence-corrected chi connectivity index (χ3v) is 9.29. The van der Waals surface area contributed by atoms with Gasteiger partial charge < -0.3 is 15.0 Å². The smallest absolute Gasteiger partial charge is 0.319 e. The van der Waals surface area contributed by atoms with Crippen LogP contribution in [0, 0.1) is 24.0 Å². The maximum atomic E-state index is 16.6. The van der Waals surface area contributed by atoms with Gasteiger partial charge in [0.25, 0.3) is 0 Å². The van der Waals surface area contributed by atoms with Gasteiger partial charge in [0.05, 0.1) is 16.5 Å². The Morgan fingerprint density at radius 2 is 2.09 bits per heavy atom. The van der Waals surface area contributed by atoms with E-state index in [2.05, 4.69) is 26.1 Å². The maximum Gasteiger partial charge on any atom is 0.319 e. The van der Waals surface area contributed by atoms with Gasteiger partial charge in [0.15, 0.2) is 5.82 Å². The minimum absolute atomic E-state index is 0.00698. The van der Waals surface area contributed by atoms with Crippen molar-refractivity contribution in [1.29, 1.82) is 0 Å². The van der Waals surface area contributed by atoms with Crippen molar-refractivity contribution >= 4 is 27.5 Å². The van der Waals surface area contributed by atoms with E-state index >= 15 is 4.39 Å². The van der Waals surface area contributed by atoms with Gasteiger partial charge in [-0.25, -0.2) is 13.2 Å². The van der Waals surface area contributed by atoms with Crippen molar-refractivity contribution in [3.63, 3.8) is 0 Å². The number of benzene rings is 2. The summed E-state index contributed by atoms with van der Waals surface area (Å²) < 4.78 is 51.9. The second kappa shape index (κ2) is 11.0. The standard InChI is InChI=1S/C33H33F3N6O/c1-3-23-26(35)11-10-20-7-4-9-24(27(20)23)29-28(36)30-25(16-38-29)31(41(2)18-22-8-5-13-37-22)40-32(39-30)43-19-33-12-6-14-42(33)17-21(34)15-33/h1,4,7,9-11,16,21-22,37H,5-6,8,12-15,17-19H2,2H3/t21-,22+,33+/m1/s1. The van der Waals surface area contributed by atoms with Crippen LogP contribution in [0.5, 0.6) is 6.01 Å². The Balaban J connectivity index is 1.34. The van der Waals surface area contributed by atoms with Crippen molar-refractivity contribution in [3.05, 3.63) is 53.7 Å². The summed E-state index contributed by atoms with van der Waals surface area (Å²) in [5, 5.41) is 5.01. The molecule has 43 heavy (non-hydrogen) atoms. The van der Waals surface area contributed by atoms with Crippen LogP contribution in [-0.4, -0.2) is 77.4 Å². The highest BCUT2D eigenvalue weighted by Gasteiger charge is 2.49. The van der Waals surface area contributed by atoms with Crippen molar-refractivity contribution in [1.82, 2.24) is 25.2 Å². The van der Waals surface area contributed by atoms with Crippen molar-refractivity contribution in [2.24, 2.45) is 0 Å². The Kier molecular flexibility index (Phi) is 7.10. The number of rotatable bonds is 7. The van der Waals surface area contributed by atoms with E-state index in [4.69, 9.17) is 16.1 Å². The van der Waals surface area contributed by atoms with Gasteiger partial charge in [-0.05, 0) is 50.2 Å². The third-order valence-electron chi connectivity index (χ3n) is 9.29. The number of nitrogens with zero attached hydrogens (tertiary/aromatic N) is 5. The molecule has 10 heteroatoms. The van der Waals surface area contributed by atoms with Gasteiger partial charge in [-0.15, -0.1) is 6.42 Å². The van der Waals surface area contributed by atoms with Crippen LogP contribution in [-0.2, 0) is 0 Å². The highest BCUT2D eigenvalue weighted by atomic mass is 19.1. The Bertz CT molecular complexity index is 1750. The van der Waals surface area contributed by atoms with Crippen LogP contribution in [0.2, 0.25) is 0 Å². The quantitative estimate of drug-likeness (QED) is 0.297. The average Bonchev–Trinajstić information content (AvgIpc) is 3.72. The summed E-state index contributed by atoms with van der Waals surface area (Å²) in [4.78, 5) is 17.9. The highest BCUT2D eigenvalue weighted by molar-refractivity contribution is 6.02. The van der Waals surface area contributed by atoms with Gasteiger partial charge in [0, 0.05) is 49.7 Å². The van der Waals surface area contributed by atoms with E-state index in [1.165, 1.54) is 6.07 Å². The van der Waals surface area contributed by atoms with Crippen molar-refractivity contribution < 1.29 is 17.9 Å². The second-order valence-corrected chi connectivity index (χ2v) is 12.0. The zero-order chi connectivity index (χ0) is 29.7. The number of aromatic nitrogens is 3. The van der Waals surface area contributed by atoms with Crippen LogP contribution in [0.1, 0.15) is 37.7 Å². The molecule has 7 nitrogen and oxygen atoms in total. The zero-order valence-electron chi connectivity index (χ0n) is 24.0. The summed E-state index contributed by atoms with van der Waals surface area (Å²) >= 11 is 0. The van der Waals surface area contributed by atoms with Crippen LogP contribution >= 0.6 is 0 Å². The van der Waals surface area contributed by atoms with E-state index in [1.54, 1.807) is 30.5 Å². The third kappa shape index (κ3) is 4.85. The number of halogens is 3. The van der Waals surface area contributed by atoms with Gasteiger partial charge >= 0.3 is 6.01 Å². The summed E-state index contributed by atoms with van der Waals surface area (Å²) in [5.41, 5.74) is 0.0673. The van der Waals surface area contributed by atoms with E-state index in [-0.39, 0.29) is 35.4 Å². The first-order chi connectivity index (χ1) is 20.9. The number of fused-ring (bicyclic) bond motifs is 3. The van der Waals surface area contributed by atoms with Crippen LogP contribution < -0.4 is 15.0 Å². The van der Waals surface area contributed by atoms with Gasteiger partial charge in [0.1, 0.15) is 35.6 Å². The van der Waals surface area contributed by atoms with E-state index in [1.807, 2.05) is 11.9 Å². The van der Waals surface area contributed by atoms with Crippen LogP contribution in [0.3, 0.4) is 0 Å². The average molecular weight is 587 g/mol. The first-order valence-electron chi connectivity index (χ1n) is 14.9. The molecule has 0 aliphatic carbocycles. The molecule has 3 aliphatic heterocycles. The molecule has 3 saturated heterocycles. The molecule has 1 N–H and O–H groups in total. The van der Waals surface area contributed by atoms with E-state index in [9.17, 15) is 8.78 Å². The summed E-state index contributed by atoms with van der Waals surface area (Å²) in [7, 11) is 1.91. The largest absolute Gasteiger partial charge is 0.461 e. The van der Waals surface area contributed by atoms with Gasteiger partial charge in [-0.2, -0.15) is 9.97 Å². The fourth-order valence-electron chi connectivity index (χ4n) is 7.23. The number of pyridine rings is 1. The van der Waals surface area contributed by atoms with Crippen molar-refractivity contribution in [2.75, 3.05) is 44.7 Å². The SMILES string of the molecule is C#Cc1c(F)ccc2cccc(-c3ncc4c(N(C)C[C@@H]5CCCN5)nc(OC[C@@]56CCCN5C[C@H](F)C6)nc4c3F)c12. The molecule has 7 rings (SSSR count). The summed E-state index contributed by atoms with van der Waals surface area (Å²) in [6.07, 6.45) is 10.7. The predicted molar refractivity (Wildman–Crippen MR) is 161 cm³/mol. The number of alkyl halides is 1. The first kappa shape index (κ1) is 27.9. The zero-order valence-corrected chi connectivity index (χ0v) is 24.0. The monoisotopic (exact) mass is 586 g/mol. The van der Waals surface area contributed by atoms with Gasteiger partial charge in [0.2, 0.25) is 0 Å². The Morgan fingerprint density at radius 3 is 2.91 bits per heavy atom. The van der Waals surface area contributed by atoms with Crippen LogP contribution in [0.15, 0.2) is 36.5 Å². The maximum absolute atomic E-state index is 16.6. The molecule has 0 radical (unpaired) electrons. The second-order valence-electron chi connectivity index (χ2n) is 12.0. The fraction of sp³-hybridized carbons (Fsp3) is 0.424. The summed E-state index contributed by atoms with van der Waals surface area (Å²) in [6, 6.07) is 8.46. The highest BCUT2D eigenvalue weighted by Crippen LogP contribution is 2.41. The minimum Gasteiger partial charge on any atom is -0.461 e. The summed E-state index contributed by atoms with van der Waals surface area (Å²) in [5.74, 6) is 1.68. The molecule has 0 saturated carbocycles. The molecule has 222 valence electrons. The molecule has 4 aromatic rings. The van der Waals surface area contributed by atoms with Gasteiger partial charge in [-0.1, -0.05) is 30.2 Å². The summed E-state index contributed by atoms with van der Waals surface area (Å²) in [6.45, 7) is 3.07. The molecular weight excluding hydrogens is 553 g/mol. The molecule has 0 amide bonds. The molecule has 3 fully saturated rings. The molecule has 2 aromatic heterocycles. The first-order valence-corrected chi connectivity index (χ1v) is 14.9. The normalized spacial score (nSPS) is 23.6. The van der Waals surface area contributed by atoms with E-state index in [0.717, 1.165) is 38.8 Å². The lowest BCUT2D eigenvalue weighted by atomic mass is 9.95. The number of anilines is 1. The number of hydrogen-bond donors (Lipinski definition) is 1. The molecular formula is C33H33F3N6O. The van der Waals surface area contributed by atoms with Gasteiger partial charge in [-0.3, -0.25) is 9.88 Å². The predicted octanol–water partition coefficient (Wildman–Crippen LogP) is 5.25. The van der Waals surface area contributed by atoms with Crippen molar-refractivity contribution in [2.45, 2.75) is 49.9 Å². The minimum atomic E-state index is -0.897. The molecule has 0 unspecified atom stereocenters. The lowest BCUT2D eigenvalue weighted by Crippen LogP contribution is -2.43. The topological polar surface area (TPSA) is 66.4 Å². The molecule has 3 atom stereocenters. The number of ether oxygens (including phenoxy) is 1. The Labute approximate surface area is 248 Å². The van der Waals surface area contributed by atoms with Crippen LogP contribution in [0.25, 0.3) is 32.9 Å². The molecule has 5 heterocycles. The number of terminal acetylenes is 1. The molecule has 0 bridgehead atoms.